The van der Waals surface area contributed by atoms with E-state index in [2.05, 4.69) is 5.32 Å². The molecule has 0 spiro atoms. The van der Waals surface area contributed by atoms with Gasteiger partial charge in [0.15, 0.2) is 0 Å². The molecule has 2 heterocycles. The lowest BCUT2D eigenvalue weighted by Crippen LogP contribution is -2.62. The number of carbonyl (C=O) groups is 2. The largest absolute Gasteiger partial charge is 0.416 e. The van der Waals surface area contributed by atoms with E-state index in [9.17, 15) is 22.8 Å². The molecule has 1 N–H and O–H groups in total. The summed E-state index contributed by atoms with van der Waals surface area (Å²) >= 11 is 0. The molecule has 0 saturated carbocycles. The average Bonchev–Trinajstić information content (AvgIpc) is 3.34. The second-order valence-electron chi connectivity index (χ2n) is 9.78. The average molecular weight is 508 g/mol. The van der Waals surface area contributed by atoms with Crippen LogP contribution in [-0.4, -0.2) is 59.9 Å². The maximum absolute atomic E-state index is 13.1. The highest BCUT2D eigenvalue weighted by Gasteiger charge is 2.35. The summed E-state index contributed by atoms with van der Waals surface area (Å²) in [4.78, 5) is 29.4. The normalized spacial score (nSPS) is 18.1. The van der Waals surface area contributed by atoms with Crippen molar-refractivity contribution >= 4 is 11.8 Å². The molecule has 0 aliphatic carbocycles. The zero-order chi connectivity index (χ0) is 26.2. The van der Waals surface area contributed by atoms with Gasteiger partial charge >= 0.3 is 6.18 Å². The Morgan fingerprint density at radius 1 is 0.811 bits per heavy atom. The first-order chi connectivity index (χ1) is 17.7. The van der Waals surface area contributed by atoms with Crippen molar-refractivity contribution in [2.75, 3.05) is 26.2 Å². The van der Waals surface area contributed by atoms with Crippen molar-refractivity contribution in [3.05, 3.63) is 95.1 Å². The molecule has 0 bridgehead atoms. The minimum Gasteiger partial charge on any atom is -0.337 e. The van der Waals surface area contributed by atoms with Crippen molar-refractivity contribution in [1.82, 2.24) is 15.1 Å². The number of rotatable bonds is 5. The number of carbonyl (C=O) groups excluding carboxylic acids is 2. The fraction of sp³-hybridized carbons (Fsp3) is 0.310. The number of alkyl halides is 3. The van der Waals surface area contributed by atoms with Gasteiger partial charge in [-0.05, 0) is 60.4 Å². The minimum absolute atomic E-state index is 0.0411. The van der Waals surface area contributed by atoms with Crippen LogP contribution < -0.4 is 5.32 Å². The first kappa shape index (κ1) is 25.0. The molecule has 2 amide bonds. The van der Waals surface area contributed by atoms with Crippen LogP contribution in [0.1, 0.15) is 38.3 Å². The van der Waals surface area contributed by atoms with Crippen molar-refractivity contribution < 1.29 is 22.8 Å². The highest BCUT2D eigenvalue weighted by molar-refractivity contribution is 5.97. The molecule has 0 radical (unpaired) electrons. The quantitative estimate of drug-likeness (QED) is 0.528. The van der Waals surface area contributed by atoms with Crippen LogP contribution in [0.2, 0.25) is 0 Å². The van der Waals surface area contributed by atoms with Crippen LogP contribution >= 0.6 is 0 Å². The van der Waals surface area contributed by atoms with E-state index in [0.29, 0.717) is 48.4 Å². The molecule has 3 aromatic rings. The number of nitrogens with one attached hydrogen (secondary N) is 1. The zero-order valence-corrected chi connectivity index (χ0v) is 20.5. The summed E-state index contributed by atoms with van der Waals surface area (Å²) in [7, 11) is 0. The van der Waals surface area contributed by atoms with Crippen LogP contribution in [0, 0.1) is 6.92 Å². The van der Waals surface area contributed by atoms with Gasteiger partial charge in [-0.3, -0.25) is 9.59 Å². The summed E-state index contributed by atoms with van der Waals surface area (Å²) in [5, 5.41) is 3.57. The number of hydrogen-bond acceptors (Lipinski definition) is 3. The number of hydrogen-bond donors (Lipinski definition) is 1. The highest BCUT2D eigenvalue weighted by atomic mass is 19.4. The summed E-state index contributed by atoms with van der Waals surface area (Å²) in [6, 6.07) is 20.0. The van der Waals surface area contributed by atoms with E-state index in [1.54, 1.807) is 36.1 Å². The molecule has 2 aliphatic heterocycles. The molecule has 2 aliphatic rings. The molecular formula is C29H28F3N3O2. The van der Waals surface area contributed by atoms with Crippen molar-refractivity contribution in [2.45, 2.75) is 31.6 Å². The van der Waals surface area contributed by atoms with Crippen LogP contribution in [0.15, 0.2) is 72.8 Å². The smallest absolute Gasteiger partial charge is 0.337 e. The summed E-state index contributed by atoms with van der Waals surface area (Å²) in [6.07, 6.45) is -3.53. The number of nitrogens with zero attached hydrogens (tertiary/aromatic N) is 2. The Kier molecular flexibility index (Phi) is 6.77. The third-order valence-electron chi connectivity index (χ3n) is 7.12. The van der Waals surface area contributed by atoms with Gasteiger partial charge in [0.2, 0.25) is 0 Å². The van der Waals surface area contributed by atoms with Gasteiger partial charge in [-0.1, -0.05) is 42.5 Å². The Hall–Kier alpha value is -3.65. The van der Waals surface area contributed by atoms with Crippen molar-refractivity contribution in [1.29, 1.82) is 0 Å². The van der Waals surface area contributed by atoms with E-state index in [1.165, 1.54) is 6.07 Å². The van der Waals surface area contributed by atoms with Crippen molar-refractivity contribution in [3.8, 4) is 11.1 Å². The summed E-state index contributed by atoms with van der Waals surface area (Å²) in [6.45, 7) is 4.32. The molecule has 5 nitrogen and oxygen atoms in total. The fourth-order valence-electron chi connectivity index (χ4n) is 5.06. The van der Waals surface area contributed by atoms with E-state index in [0.717, 1.165) is 24.1 Å². The SMILES string of the molecule is Cc1cc(-c2cccc(C(F)(F)F)c2)ccc1C(=O)N1CC(N[C@H]2CCN(C(=O)c3ccccc3)C2)C1. The second-order valence-corrected chi connectivity index (χ2v) is 9.78. The third kappa shape index (κ3) is 5.39. The number of aryl methyl sites for hydroxylation is 1. The zero-order valence-electron chi connectivity index (χ0n) is 20.5. The summed E-state index contributed by atoms with van der Waals surface area (Å²) in [5.41, 5.74) is 2.37. The van der Waals surface area contributed by atoms with Gasteiger partial charge in [0.1, 0.15) is 0 Å². The molecular weight excluding hydrogens is 479 g/mol. The lowest BCUT2D eigenvalue weighted by atomic mass is 9.97. The van der Waals surface area contributed by atoms with Crippen LogP contribution in [0.4, 0.5) is 13.2 Å². The third-order valence-corrected chi connectivity index (χ3v) is 7.12. The predicted octanol–water partition coefficient (Wildman–Crippen LogP) is 5.01. The van der Waals surface area contributed by atoms with Gasteiger partial charge in [-0.15, -0.1) is 0 Å². The maximum Gasteiger partial charge on any atom is 0.416 e. The lowest BCUT2D eigenvalue weighted by molar-refractivity contribution is -0.137. The Bertz CT molecular complexity index is 1300. The van der Waals surface area contributed by atoms with Gasteiger partial charge in [0, 0.05) is 49.4 Å². The second kappa shape index (κ2) is 10.0. The highest BCUT2D eigenvalue weighted by Crippen LogP contribution is 2.33. The predicted molar refractivity (Wildman–Crippen MR) is 135 cm³/mol. The monoisotopic (exact) mass is 507 g/mol. The number of benzene rings is 3. The standard InChI is InChI=1S/C29H28F3N3O2/c1-19-14-22(21-8-5-9-23(15-21)29(30,31)32)10-11-26(19)28(37)35-17-25(18-35)33-24-12-13-34(16-24)27(36)20-6-3-2-4-7-20/h2-11,14-15,24-25,33H,12-13,16-18H2,1H3/t24-/m0/s1. The Morgan fingerprint density at radius 2 is 1.51 bits per heavy atom. The van der Waals surface area contributed by atoms with Crippen molar-refractivity contribution in [3.63, 3.8) is 0 Å². The topological polar surface area (TPSA) is 52.7 Å². The number of likely N-dealkylation sites (tertiary alicyclic amines) is 2. The molecule has 37 heavy (non-hydrogen) atoms. The molecule has 2 saturated heterocycles. The molecule has 0 unspecified atom stereocenters. The number of halogens is 3. The molecule has 8 heteroatoms. The Balaban J connectivity index is 1.15. The van der Waals surface area contributed by atoms with Crippen LogP contribution in [-0.2, 0) is 6.18 Å². The van der Waals surface area contributed by atoms with E-state index < -0.39 is 11.7 Å². The molecule has 192 valence electrons. The molecule has 2 fully saturated rings. The molecule has 3 aromatic carbocycles. The lowest BCUT2D eigenvalue weighted by Gasteiger charge is -2.41. The Morgan fingerprint density at radius 3 is 2.22 bits per heavy atom. The molecule has 5 rings (SSSR count). The maximum atomic E-state index is 13.1. The van der Waals surface area contributed by atoms with E-state index in [-0.39, 0.29) is 23.9 Å². The summed E-state index contributed by atoms with van der Waals surface area (Å²) < 4.78 is 39.2. The van der Waals surface area contributed by atoms with Crippen LogP contribution in [0.5, 0.6) is 0 Å². The van der Waals surface area contributed by atoms with Crippen molar-refractivity contribution in [2.24, 2.45) is 0 Å². The first-order valence-corrected chi connectivity index (χ1v) is 12.4. The van der Waals surface area contributed by atoms with E-state index in [1.807, 2.05) is 35.2 Å². The molecule has 0 aromatic heterocycles. The molecule has 1 atom stereocenters. The fourth-order valence-corrected chi connectivity index (χ4v) is 5.06. The minimum atomic E-state index is -4.41. The van der Waals surface area contributed by atoms with Crippen LogP contribution in [0.25, 0.3) is 11.1 Å². The van der Waals surface area contributed by atoms with Gasteiger partial charge < -0.3 is 15.1 Å². The van der Waals surface area contributed by atoms with Gasteiger partial charge in [0.25, 0.3) is 11.8 Å². The summed E-state index contributed by atoms with van der Waals surface area (Å²) in [5.74, 6) is -0.0437. The van der Waals surface area contributed by atoms with E-state index in [4.69, 9.17) is 0 Å². The van der Waals surface area contributed by atoms with Gasteiger partial charge in [-0.2, -0.15) is 13.2 Å². The van der Waals surface area contributed by atoms with E-state index >= 15 is 0 Å². The van der Waals surface area contributed by atoms with Gasteiger partial charge in [0.05, 0.1) is 5.56 Å². The number of amides is 2. The first-order valence-electron chi connectivity index (χ1n) is 12.4. The van der Waals surface area contributed by atoms with Crippen LogP contribution in [0.3, 0.4) is 0 Å². The van der Waals surface area contributed by atoms with Gasteiger partial charge in [-0.25, -0.2) is 0 Å². The Labute approximate surface area is 213 Å².